The van der Waals surface area contributed by atoms with E-state index in [1.54, 1.807) is 14.2 Å². The summed E-state index contributed by atoms with van der Waals surface area (Å²) in [6.07, 6.45) is 5.80. The highest BCUT2D eigenvalue weighted by atomic mass is 16.5. The van der Waals surface area contributed by atoms with Gasteiger partial charge in [-0.25, -0.2) is 0 Å². The van der Waals surface area contributed by atoms with E-state index in [1.165, 1.54) is 31.5 Å². The number of rotatable bonds is 6. The Morgan fingerprint density at radius 2 is 1.71 bits per heavy atom. The molecule has 4 heteroatoms. The van der Waals surface area contributed by atoms with Crippen LogP contribution in [-0.4, -0.2) is 44.3 Å². The molecule has 2 aromatic carbocycles. The van der Waals surface area contributed by atoms with Gasteiger partial charge in [-0.05, 0) is 62.9 Å². The van der Waals surface area contributed by atoms with E-state index in [2.05, 4.69) is 48.2 Å². The minimum atomic E-state index is -0.157. The Morgan fingerprint density at radius 3 is 2.39 bits per heavy atom. The van der Waals surface area contributed by atoms with Crippen LogP contribution in [0, 0.1) is 0 Å². The second-order valence-electron chi connectivity index (χ2n) is 8.16. The van der Waals surface area contributed by atoms with Crippen LogP contribution >= 0.6 is 0 Å². The van der Waals surface area contributed by atoms with Crippen molar-refractivity contribution in [2.24, 2.45) is 4.99 Å². The van der Waals surface area contributed by atoms with Gasteiger partial charge in [-0.2, -0.15) is 0 Å². The summed E-state index contributed by atoms with van der Waals surface area (Å²) < 4.78 is 10.9. The molecular formula is C24H30N2O2. The first-order valence-corrected chi connectivity index (χ1v) is 10.2. The molecule has 0 bridgehead atoms. The first kappa shape index (κ1) is 19.0. The average Bonchev–Trinajstić information content (AvgIpc) is 3.07. The molecule has 0 spiro atoms. The quantitative estimate of drug-likeness (QED) is 0.774. The number of nitrogens with zero attached hydrogens (tertiary/aromatic N) is 2. The Morgan fingerprint density at radius 1 is 1.04 bits per heavy atom. The molecule has 28 heavy (non-hydrogen) atoms. The molecule has 0 aromatic heterocycles. The van der Waals surface area contributed by atoms with Gasteiger partial charge >= 0.3 is 0 Å². The molecule has 0 aliphatic carbocycles. The summed E-state index contributed by atoms with van der Waals surface area (Å²) in [6.45, 7) is 5.65. The highest BCUT2D eigenvalue weighted by Crippen LogP contribution is 2.29. The monoisotopic (exact) mass is 378 g/mol. The van der Waals surface area contributed by atoms with Gasteiger partial charge in [0.1, 0.15) is 0 Å². The first-order valence-electron chi connectivity index (χ1n) is 10.2. The smallest absolute Gasteiger partial charge is 0.162 e. The molecule has 0 radical (unpaired) electrons. The van der Waals surface area contributed by atoms with Crippen LogP contribution in [0.15, 0.2) is 47.5 Å². The molecule has 1 fully saturated rings. The molecule has 4 rings (SSSR count). The average molecular weight is 379 g/mol. The van der Waals surface area contributed by atoms with E-state index in [1.807, 2.05) is 12.1 Å². The summed E-state index contributed by atoms with van der Waals surface area (Å²) in [6, 6.07) is 15.0. The van der Waals surface area contributed by atoms with E-state index >= 15 is 0 Å². The number of likely N-dealkylation sites (tertiary alicyclic amines) is 1. The summed E-state index contributed by atoms with van der Waals surface area (Å²) in [4.78, 5) is 7.59. The number of piperidine rings is 1. The molecule has 2 aliphatic rings. The number of ether oxygens (including phenoxy) is 2. The second-order valence-corrected chi connectivity index (χ2v) is 8.16. The minimum absolute atomic E-state index is 0.157. The molecule has 1 saturated heterocycles. The zero-order valence-corrected chi connectivity index (χ0v) is 17.1. The van der Waals surface area contributed by atoms with Crippen molar-refractivity contribution in [3.63, 3.8) is 0 Å². The summed E-state index contributed by atoms with van der Waals surface area (Å²) in [7, 11) is 3.34. The van der Waals surface area contributed by atoms with Gasteiger partial charge in [-0.3, -0.25) is 4.99 Å². The van der Waals surface area contributed by atoms with Crippen LogP contribution in [0.1, 0.15) is 37.7 Å². The predicted octanol–water partition coefficient (Wildman–Crippen LogP) is 3.15. The number of hydrogen-bond donors (Lipinski definition) is 0. The van der Waals surface area contributed by atoms with Crippen LogP contribution in [0.5, 0.6) is 11.5 Å². The van der Waals surface area contributed by atoms with Gasteiger partial charge in [0, 0.05) is 17.8 Å². The number of methoxy groups -OCH3 is 2. The van der Waals surface area contributed by atoms with Gasteiger partial charge in [-0.15, -0.1) is 0 Å². The molecule has 1 atom stereocenters. The van der Waals surface area contributed by atoms with Crippen molar-refractivity contribution in [1.29, 1.82) is 0 Å². The SMILES string of the molecule is COc1cc2c(cc1OC)=NC(C)(CCN1CCC(c3ccccc3)CC1)C=2. The van der Waals surface area contributed by atoms with Crippen molar-refractivity contribution >= 4 is 6.08 Å². The molecule has 2 aliphatic heterocycles. The van der Waals surface area contributed by atoms with Crippen LogP contribution in [-0.2, 0) is 0 Å². The molecule has 2 aromatic rings. The molecule has 1 unspecified atom stereocenters. The molecule has 4 nitrogen and oxygen atoms in total. The van der Waals surface area contributed by atoms with Crippen molar-refractivity contribution < 1.29 is 9.47 Å². The van der Waals surface area contributed by atoms with Crippen molar-refractivity contribution in [1.82, 2.24) is 4.90 Å². The van der Waals surface area contributed by atoms with E-state index in [4.69, 9.17) is 14.5 Å². The van der Waals surface area contributed by atoms with Gasteiger partial charge < -0.3 is 14.4 Å². The number of hydrogen-bond acceptors (Lipinski definition) is 4. The standard InChI is InChI=1S/C24H30N2O2/c1-24(17-20-15-22(27-2)23(28-3)16-21(20)25-24)11-14-26-12-9-19(10-13-26)18-7-5-4-6-8-18/h4-8,15-17,19H,9-14H2,1-3H3. The third-order valence-corrected chi connectivity index (χ3v) is 6.17. The van der Waals surface area contributed by atoms with Crippen LogP contribution in [0.25, 0.3) is 6.08 Å². The lowest BCUT2D eigenvalue weighted by atomic mass is 9.89. The van der Waals surface area contributed by atoms with E-state index in [0.717, 1.165) is 35.0 Å². The Kier molecular flexibility index (Phi) is 5.40. The molecule has 0 N–H and O–H groups in total. The highest BCUT2D eigenvalue weighted by Gasteiger charge is 2.27. The number of benzene rings is 2. The van der Waals surface area contributed by atoms with Crippen molar-refractivity contribution in [3.8, 4) is 11.5 Å². The lowest BCUT2D eigenvalue weighted by Crippen LogP contribution is -2.36. The Labute approximate surface area is 167 Å². The largest absolute Gasteiger partial charge is 0.493 e. The van der Waals surface area contributed by atoms with Crippen LogP contribution in [0.3, 0.4) is 0 Å². The second kappa shape index (κ2) is 7.96. The Bertz CT molecular complexity index is 888. The lowest BCUT2D eigenvalue weighted by Gasteiger charge is -2.33. The van der Waals surface area contributed by atoms with E-state index in [-0.39, 0.29) is 5.54 Å². The van der Waals surface area contributed by atoms with Gasteiger partial charge in [0.15, 0.2) is 11.5 Å². The van der Waals surface area contributed by atoms with E-state index < -0.39 is 0 Å². The van der Waals surface area contributed by atoms with Gasteiger partial charge in [0.2, 0.25) is 0 Å². The van der Waals surface area contributed by atoms with Crippen LogP contribution < -0.4 is 20.0 Å². The predicted molar refractivity (Wildman–Crippen MR) is 113 cm³/mol. The normalized spacial score (nSPS) is 22.2. The van der Waals surface area contributed by atoms with E-state index in [0.29, 0.717) is 5.92 Å². The fourth-order valence-corrected chi connectivity index (χ4v) is 4.47. The molecule has 0 saturated carbocycles. The van der Waals surface area contributed by atoms with Crippen molar-refractivity contribution in [3.05, 3.63) is 58.6 Å². The maximum absolute atomic E-state index is 5.44. The first-order chi connectivity index (χ1) is 13.6. The highest BCUT2D eigenvalue weighted by molar-refractivity contribution is 5.48. The lowest BCUT2D eigenvalue weighted by molar-refractivity contribution is 0.202. The third kappa shape index (κ3) is 3.93. The summed E-state index contributed by atoms with van der Waals surface area (Å²) in [5.41, 5.74) is 1.34. The Hall–Kier alpha value is -2.33. The fraction of sp³-hybridized carbons (Fsp3) is 0.458. The zero-order valence-electron chi connectivity index (χ0n) is 17.1. The zero-order chi connectivity index (χ0) is 19.6. The maximum atomic E-state index is 5.44. The molecular weight excluding hydrogens is 348 g/mol. The summed E-state index contributed by atoms with van der Waals surface area (Å²) >= 11 is 0. The third-order valence-electron chi connectivity index (χ3n) is 6.17. The molecule has 2 heterocycles. The van der Waals surface area contributed by atoms with E-state index in [9.17, 15) is 0 Å². The van der Waals surface area contributed by atoms with Crippen molar-refractivity contribution in [2.75, 3.05) is 33.9 Å². The van der Waals surface area contributed by atoms with Crippen LogP contribution in [0.4, 0.5) is 0 Å². The maximum Gasteiger partial charge on any atom is 0.162 e. The molecule has 148 valence electrons. The van der Waals surface area contributed by atoms with Crippen molar-refractivity contribution in [2.45, 2.75) is 37.6 Å². The van der Waals surface area contributed by atoms with Gasteiger partial charge in [-0.1, -0.05) is 30.3 Å². The summed E-state index contributed by atoms with van der Waals surface area (Å²) in [5.74, 6) is 2.21. The Balaban J connectivity index is 1.38. The fourth-order valence-electron chi connectivity index (χ4n) is 4.47. The number of fused-ring (bicyclic) bond motifs is 1. The minimum Gasteiger partial charge on any atom is -0.493 e. The van der Waals surface area contributed by atoms with Gasteiger partial charge in [0.05, 0.1) is 25.1 Å². The van der Waals surface area contributed by atoms with Crippen LogP contribution in [0.2, 0.25) is 0 Å². The van der Waals surface area contributed by atoms with Gasteiger partial charge in [0.25, 0.3) is 0 Å². The topological polar surface area (TPSA) is 34.1 Å². The molecule has 0 amide bonds. The summed E-state index contributed by atoms with van der Waals surface area (Å²) in [5, 5.41) is 2.14.